The van der Waals surface area contributed by atoms with Crippen LogP contribution < -0.4 is 42.5 Å². The quantitative estimate of drug-likeness (QED) is 0.129. The number of nitrogens with zero attached hydrogens (tertiary/aromatic N) is 2. The van der Waals surface area contributed by atoms with Crippen LogP contribution in [0.15, 0.2) is 76.3 Å². The zero-order valence-corrected chi connectivity index (χ0v) is 26.9. The van der Waals surface area contributed by atoms with E-state index < -0.39 is 50.2 Å². The van der Waals surface area contributed by atoms with Crippen LogP contribution in [0.3, 0.4) is 0 Å². The number of hydrogen-bond acceptors (Lipinski definition) is 5. The van der Waals surface area contributed by atoms with E-state index in [0.29, 0.717) is 56.6 Å². The van der Waals surface area contributed by atoms with E-state index in [1.165, 1.54) is 15.2 Å². The topological polar surface area (TPSA) is 103 Å². The Morgan fingerprint density at radius 3 is 2.63 bits per heavy atom. The third-order valence-corrected chi connectivity index (χ3v) is 11.5. The van der Waals surface area contributed by atoms with Gasteiger partial charge in [0.05, 0.1) is 0 Å². The first kappa shape index (κ1) is 32.0. The van der Waals surface area contributed by atoms with Crippen molar-refractivity contribution in [2.24, 2.45) is 0 Å². The van der Waals surface area contributed by atoms with E-state index in [9.17, 15) is 27.6 Å². The molecule has 0 aliphatic carbocycles. The average molecular weight is 747 g/mol. The number of rotatable bonds is 10. The molecule has 1 atom stereocenters. The Morgan fingerprint density at radius 1 is 1.02 bits per heavy atom. The summed E-state index contributed by atoms with van der Waals surface area (Å²) in [4.78, 5) is 39.2. The van der Waals surface area contributed by atoms with E-state index in [0.717, 1.165) is 23.6 Å². The van der Waals surface area contributed by atoms with Crippen molar-refractivity contribution in [2.45, 2.75) is 57.4 Å². The molecule has 0 amide bonds. The van der Waals surface area contributed by atoms with Gasteiger partial charge < -0.3 is 5.11 Å². The maximum absolute atomic E-state index is 14.4. The molecule has 2 N–H and O–H groups in total. The summed E-state index contributed by atoms with van der Waals surface area (Å²) in [7, 11) is 0. The number of nitrogens with one attached hydrogen (secondary N) is 1. The van der Waals surface area contributed by atoms with E-state index in [1.807, 2.05) is 24.3 Å². The van der Waals surface area contributed by atoms with Crippen molar-refractivity contribution in [3.63, 3.8) is 0 Å². The van der Waals surface area contributed by atoms with Gasteiger partial charge in [-0.3, -0.25) is 4.79 Å². The fraction of sp³-hybridized carbons (Fsp3) is 0.324. The second-order valence-corrected chi connectivity index (χ2v) is 14.1. The molecule has 2 aliphatic rings. The second-order valence-electron chi connectivity index (χ2n) is 11.3. The molecule has 242 valence electrons. The molecular weight excluding hydrogens is 714 g/mol. The predicted octanol–water partition coefficient (Wildman–Crippen LogP) is 2.10. The van der Waals surface area contributed by atoms with Crippen LogP contribution in [-0.2, 0) is 30.5 Å². The van der Waals surface area contributed by atoms with Gasteiger partial charge in [0.15, 0.2) is 0 Å². The number of carboxylic acids is 1. The fourth-order valence-corrected chi connectivity index (χ4v) is 9.27. The number of aliphatic carboxylic acids is 1. The first-order valence-corrected chi connectivity index (χ1v) is 17.3. The number of carboxylic acid groups (broad SMARTS) is 1. The molecule has 0 saturated carbocycles. The molecule has 0 spiro atoms. The number of aromatic nitrogens is 2. The van der Waals surface area contributed by atoms with Gasteiger partial charge >= 0.3 is 264 Å². The zero-order valence-electron chi connectivity index (χ0n) is 24.8. The predicted molar refractivity (Wildman–Crippen MR) is 161 cm³/mol. The van der Waals surface area contributed by atoms with Crippen molar-refractivity contribution < 1.29 is 49.0 Å². The summed E-state index contributed by atoms with van der Waals surface area (Å²) in [5.41, 5.74) is 1.15. The van der Waals surface area contributed by atoms with Crippen LogP contribution in [-0.4, -0.2) is 33.4 Å². The first-order valence-electron chi connectivity index (χ1n) is 15.1. The minimum atomic E-state index is -4.58. The van der Waals surface area contributed by atoms with Gasteiger partial charge in [-0.05, 0) is 0 Å². The molecular formula is C34H32F3IN3O5-. The van der Waals surface area contributed by atoms with Crippen LogP contribution in [0.25, 0.3) is 11.1 Å². The SMILES string of the molecule is O=C(O)CCCCCOc1cccc(-c2c3n(c(=O)n(C[C@@H]4NCCc5ccccc54)c2=O)Cc2c(cccc2C(F)(F)F)[I-]3)c1. The standard InChI is InChI=1S/C34H32F3IN3O5/c35-34(36,37)26-12-7-13-27-25(26)19-40-31(38-27)30(22-9-6-10-23(18-22)46-17-5-1-2-14-29(42)43)32(44)41(33(40)45)20-28-24-11-4-3-8-21(24)15-16-39-28/h3-4,6-13,18,28,39H,1-2,5,14-17,19-20H2,(H,42,43)/q-1/t28-/m0/s1. The van der Waals surface area contributed by atoms with Crippen LogP contribution in [0, 0.1) is 7.27 Å². The third kappa shape index (κ3) is 6.63. The monoisotopic (exact) mass is 746 g/mol. The van der Waals surface area contributed by atoms with Gasteiger partial charge in [-0.25, -0.2) is 0 Å². The molecule has 0 saturated heterocycles. The van der Waals surface area contributed by atoms with Crippen LogP contribution in [0.5, 0.6) is 5.75 Å². The summed E-state index contributed by atoms with van der Waals surface area (Å²) in [6, 6.07) is 18.6. The Bertz CT molecular complexity index is 1900. The summed E-state index contributed by atoms with van der Waals surface area (Å²) in [6.07, 6.45) is -1.79. The number of fused-ring (bicyclic) bond motifs is 3. The van der Waals surface area contributed by atoms with Crippen LogP contribution in [0.1, 0.15) is 54.0 Å². The van der Waals surface area contributed by atoms with Gasteiger partial charge in [0, 0.05) is 0 Å². The van der Waals surface area contributed by atoms with Crippen LogP contribution >= 0.6 is 0 Å². The Kier molecular flexibility index (Phi) is 9.37. The summed E-state index contributed by atoms with van der Waals surface area (Å²) in [6.45, 7) is 0.764. The van der Waals surface area contributed by atoms with E-state index in [4.69, 9.17) is 9.84 Å². The van der Waals surface area contributed by atoms with E-state index in [-0.39, 0.29) is 31.1 Å². The summed E-state index contributed by atoms with van der Waals surface area (Å²) in [5.74, 6) is -0.337. The zero-order chi connectivity index (χ0) is 32.4. The van der Waals surface area contributed by atoms with Crippen molar-refractivity contribution in [2.75, 3.05) is 13.2 Å². The average Bonchev–Trinajstić information content (AvgIpc) is 3.03. The first-order chi connectivity index (χ1) is 22.1. The number of unbranched alkanes of at least 4 members (excludes halogenated alkanes) is 2. The van der Waals surface area contributed by atoms with E-state index in [1.54, 1.807) is 30.3 Å². The normalized spacial score (nSPS) is 15.7. The molecule has 0 bridgehead atoms. The molecule has 2 aliphatic heterocycles. The summed E-state index contributed by atoms with van der Waals surface area (Å²) < 4.78 is 51.7. The Labute approximate surface area is 273 Å². The van der Waals surface area contributed by atoms with Crippen molar-refractivity contribution in [1.29, 1.82) is 0 Å². The molecule has 3 heterocycles. The number of carbonyl (C=O) groups is 1. The molecule has 6 rings (SSSR count). The number of benzene rings is 3. The van der Waals surface area contributed by atoms with E-state index >= 15 is 0 Å². The Balaban J connectivity index is 1.41. The van der Waals surface area contributed by atoms with Gasteiger partial charge in [0.25, 0.3) is 0 Å². The van der Waals surface area contributed by atoms with Crippen molar-refractivity contribution >= 4 is 5.97 Å². The number of alkyl halides is 3. The number of hydrogen-bond donors (Lipinski definition) is 2. The van der Waals surface area contributed by atoms with E-state index in [2.05, 4.69) is 5.32 Å². The number of ether oxygens (including phenoxy) is 1. The second kappa shape index (κ2) is 13.4. The minimum absolute atomic E-state index is 0.0284. The summed E-state index contributed by atoms with van der Waals surface area (Å²) >= 11 is -1.34. The fourth-order valence-electron chi connectivity index (χ4n) is 6.07. The molecule has 3 aromatic carbocycles. The Morgan fingerprint density at radius 2 is 1.83 bits per heavy atom. The van der Waals surface area contributed by atoms with Crippen LogP contribution in [0.2, 0.25) is 0 Å². The molecule has 0 fully saturated rings. The van der Waals surface area contributed by atoms with Gasteiger partial charge in [-0.1, -0.05) is 0 Å². The van der Waals surface area contributed by atoms with Gasteiger partial charge in [0.2, 0.25) is 0 Å². The molecule has 0 unspecified atom stereocenters. The molecule has 4 aromatic rings. The maximum atomic E-state index is 14.4. The summed E-state index contributed by atoms with van der Waals surface area (Å²) in [5, 5.41) is 12.3. The third-order valence-electron chi connectivity index (χ3n) is 8.30. The van der Waals surface area contributed by atoms with Gasteiger partial charge in [-0.2, -0.15) is 0 Å². The molecule has 12 heteroatoms. The van der Waals surface area contributed by atoms with Gasteiger partial charge in [0.1, 0.15) is 0 Å². The molecule has 46 heavy (non-hydrogen) atoms. The molecule has 1 aromatic heterocycles. The molecule has 0 radical (unpaired) electrons. The van der Waals surface area contributed by atoms with Crippen molar-refractivity contribution in [3.8, 4) is 16.9 Å². The Hall–Kier alpha value is -3.91. The number of halogens is 4. The van der Waals surface area contributed by atoms with Gasteiger partial charge in [-0.15, -0.1) is 0 Å². The van der Waals surface area contributed by atoms with Crippen molar-refractivity contribution in [1.82, 2.24) is 14.5 Å². The van der Waals surface area contributed by atoms with Crippen LogP contribution in [0.4, 0.5) is 13.2 Å². The molecule has 8 nitrogen and oxygen atoms in total. The van der Waals surface area contributed by atoms with Crippen molar-refractivity contribution in [3.05, 3.63) is 117 Å².